The van der Waals surface area contributed by atoms with Gasteiger partial charge in [0.15, 0.2) is 5.82 Å². The summed E-state index contributed by atoms with van der Waals surface area (Å²) < 4.78 is 25.2. The summed E-state index contributed by atoms with van der Waals surface area (Å²) in [7, 11) is 3.06. The first-order chi connectivity index (χ1) is 18.3. The number of amides is 1. The molecule has 1 aliphatic rings. The van der Waals surface area contributed by atoms with Crippen LogP contribution in [0.4, 0.5) is 16.0 Å². The number of pyridine rings is 2. The number of nitrogens with zero attached hydrogens (tertiary/aromatic N) is 4. The van der Waals surface area contributed by atoms with Crippen LogP contribution in [0.5, 0.6) is 5.88 Å². The van der Waals surface area contributed by atoms with Gasteiger partial charge in [0, 0.05) is 49.4 Å². The smallest absolute Gasteiger partial charge is 0.259 e. The number of fused-ring (bicyclic) bond motifs is 1. The minimum atomic E-state index is -0.594. The van der Waals surface area contributed by atoms with E-state index in [1.165, 1.54) is 17.9 Å². The van der Waals surface area contributed by atoms with Gasteiger partial charge in [-0.05, 0) is 36.6 Å². The van der Waals surface area contributed by atoms with Crippen LogP contribution in [-0.4, -0.2) is 45.1 Å². The molecule has 3 aromatic heterocycles. The van der Waals surface area contributed by atoms with Crippen LogP contribution in [0.15, 0.2) is 52.4 Å². The van der Waals surface area contributed by atoms with Gasteiger partial charge in [-0.25, -0.2) is 14.4 Å². The molecule has 0 spiro atoms. The van der Waals surface area contributed by atoms with E-state index in [1.807, 2.05) is 0 Å². The number of rotatable bonds is 7. The number of piperidine rings is 1. The van der Waals surface area contributed by atoms with Crippen molar-refractivity contribution in [1.82, 2.24) is 24.8 Å². The van der Waals surface area contributed by atoms with Crippen molar-refractivity contribution in [1.29, 1.82) is 0 Å². The second-order valence-electron chi connectivity index (χ2n) is 8.61. The van der Waals surface area contributed by atoms with Crippen LogP contribution in [0.3, 0.4) is 0 Å². The number of ether oxygens (including phenoxy) is 1. The molecule has 3 N–H and O–H groups in total. The van der Waals surface area contributed by atoms with Gasteiger partial charge < -0.3 is 20.1 Å². The van der Waals surface area contributed by atoms with Gasteiger partial charge in [0.25, 0.3) is 5.56 Å². The van der Waals surface area contributed by atoms with E-state index < -0.39 is 11.4 Å². The molecule has 1 aliphatic heterocycles. The zero-order chi connectivity index (χ0) is 26.8. The largest absolute Gasteiger partial charge is 0.480 e. The van der Waals surface area contributed by atoms with Crippen molar-refractivity contribution in [2.45, 2.75) is 23.8 Å². The van der Waals surface area contributed by atoms with Crippen molar-refractivity contribution in [2.75, 3.05) is 23.7 Å². The lowest BCUT2D eigenvalue weighted by Crippen LogP contribution is -2.42. The highest BCUT2D eigenvalue weighted by molar-refractivity contribution is 8.00. The Balaban J connectivity index is 1.43. The fraction of sp³-hybridized carbons (Fsp3) is 0.240. The Morgan fingerprint density at radius 1 is 1.21 bits per heavy atom. The maximum atomic E-state index is 15.6. The van der Waals surface area contributed by atoms with Crippen LogP contribution < -0.4 is 25.7 Å². The van der Waals surface area contributed by atoms with E-state index in [2.05, 4.69) is 30.3 Å². The Morgan fingerprint density at radius 2 is 2.05 bits per heavy atom. The van der Waals surface area contributed by atoms with Crippen LogP contribution >= 0.6 is 23.5 Å². The quantitative estimate of drug-likeness (QED) is 0.290. The fourth-order valence-corrected chi connectivity index (χ4v) is 5.12. The minimum Gasteiger partial charge on any atom is -0.480 e. The number of nitrogens with one attached hydrogen (secondary N) is 3. The van der Waals surface area contributed by atoms with Gasteiger partial charge >= 0.3 is 0 Å². The zero-order valence-corrected chi connectivity index (χ0v) is 22.0. The van der Waals surface area contributed by atoms with E-state index >= 15 is 4.39 Å². The number of methoxy groups -OCH3 is 1. The van der Waals surface area contributed by atoms with Gasteiger partial charge in [-0.1, -0.05) is 23.7 Å². The van der Waals surface area contributed by atoms with E-state index in [-0.39, 0.29) is 28.8 Å². The summed E-state index contributed by atoms with van der Waals surface area (Å²) in [5.74, 6) is 0.114. The van der Waals surface area contributed by atoms with Crippen molar-refractivity contribution >= 4 is 52.1 Å². The van der Waals surface area contributed by atoms with E-state index in [9.17, 15) is 9.59 Å². The number of carbonyl (C=O) groups is 1. The Bertz CT molecular complexity index is 1590. The Morgan fingerprint density at radius 3 is 2.82 bits per heavy atom. The molecule has 0 bridgehead atoms. The SMILES string of the molecule is COc1ncc(Cl)cc1SNc1cccc(-c2cc3cnc(NC4CCC(=O)NC4)nc3n(C)c2=O)c1F. The second kappa shape index (κ2) is 10.8. The van der Waals surface area contributed by atoms with Crippen molar-refractivity contribution in [3.05, 3.63) is 63.9 Å². The molecule has 13 heteroatoms. The summed E-state index contributed by atoms with van der Waals surface area (Å²) in [5, 5.41) is 6.99. The summed E-state index contributed by atoms with van der Waals surface area (Å²) in [6, 6.07) is 8.00. The highest BCUT2D eigenvalue weighted by Crippen LogP contribution is 2.33. The number of carbonyl (C=O) groups excluding carboxylic acids is 1. The molecular weight excluding hydrogens is 533 g/mol. The molecule has 5 rings (SSSR count). The lowest BCUT2D eigenvalue weighted by Gasteiger charge is -2.23. The highest BCUT2D eigenvalue weighted by atomic mass is 35.5. The Labute approximate surface area is 226 Å². The molecule has 1 aromatic carbocycles. The molecule has 1 fully saturated rings. The first-order valence-corrected chi connectivity index (χ1v) is 12.8. The minimum absolute atomic E-state index is 0.00804. The fourth-order valence-electron chi connectivity index (χ4n) is 4.11. The number of anilines is 2. The van der Waals surface area contributed by atoms with Crippen LogP contribution in [0.1, 0.15) is 12.8 Å². The first-order valence-electron chi connectivity index (χ1n) is 11.7. The maximum Gasteiger partial charge on any atom is 0.259 e. The lowest BCUT2D eigenvalue weighted by molar-refractivity contribution is -0.122. The maximum absolute atomic E-state index is 15.6. The van der Waals surface area contributed by atoms with Crippen LogP contribution in [0, 0.1) is 5.82 Å². The summed E-state index contributed by atoms with van der Waals surface area (Å²) in [6.07, 6.45) is 4.13. The molecule has 0 radical (unpaired) electrons. The van der Waals surface area contributed by atoms with Gasteiger partial charge in [-0.2, -0.15) is 4.98 Å². The average Bonchev–Trinajstić information content (AvgIpc) is 2.92. The third kappa shape index (κ3) is 5.22. The van der Waals surface area contributed by atoms with Gasteiger partial charge in [0.2, 0.25) is 17.7 Å². The molecule has 196 valence electrons. The zero-order valence-electron chi connectivity index (χ0n) is 20.4. The number of hydrogen-bond donors (Lipinski definition) is 3. The number of aromatic nitrogens is 4. The summed E-state index contributed by atoms with van der Waals surface area (Å²) in [5.41, 5.74) is 0.479. The normalized spacial score (nSPS) is 15.3. The van der Waals surface area contributed by atoms with Gasteiger partial charge in [-0.15, -0.1) is 0 Å². The van der Waals surface area contributed by atoms with Crippen molar-refractivity contribution in [2.24, 2.45) is 7.05 Å². The van der Waals surface area contributed by atoms with E-state index in [1.54, 1.807) is 43.6 Å². The van der Waals surface area contributed by atoms with E-state index in [0.29, 0.717) is 52.2 Å². The monoisotopic (exact) mass is 555 g/mol. The molecule has 4 aromatic rings. The van der Waals surface area contributed by atoms with Crippen LogP contribution in [-0.2, 0) is 11.8 Å². The number of hydrogen-bond acceptors (Lipinski definition) is 9. The number of halogens is 2. The summed E-state index contributed by atoms with van der Waals surface area (Å²) >= 11 is 7.12. The van der Waals surface area contributed by atoms with E-state index in [0.717, 1.165) is 11.9 Å². The second-order valence-corrected chi connectivity index (χ2v) is 9.90. The number of benzene rings is 1. The first kappa shape index (κ1) is 25.7. The third-order valence-corrected chi connectivity index (χ3v) is 7.13. The predicted molar refractivity (Wildman–Crippen MR) is 145 cm³/mol. The van der Waals surface area contributed by atoms with Crippen molar-refractivity contribution < 1.29 is 13.9 Å². The van der Waals surface area contributed by atoms with Gasteiger partial charge in [-0.3, -0.25) is 14.2 Å². The Kier molecular flexibility index (Phi) is 7.34. The molecule has 1 atom stereocenters. The van der Waals surface area contributed by atoms with Gasteiger partial charge in [0.1, 0.15) is 5.65 Å². The molecular formula is C25H23ClFN7O3S. The van der Waals surface area contributed by atoms with Crippen LogP contribution in [0.2, 0.25) is 5.02 Å². The number of aryl methyl sites for hydroxylation is 1. The molecule has 1 amide bonds. The molecule has 1 saturated heterocycles. The van der Waals surface area contributed by atoms with Crippen molar-refractivity contribution in [3.8, 4) is 17.0 Å². The summed E-state index contributed by atoms with van der Waals surface area (Å²) in [4.78, 5) is 38.2. The molecule has 0 saturated carbocycles. The van der Waals surface area contributed by atoms with Gasteiger partial charge in [0.05, 0.1) is 28.3 Å². The molecule has 1 unspecified atom stereocenters. The standard InChI is InChI=1S/C25H23ClFN7O3S/c1-34-22-13(10-30-25(32-22)31-15-6-7-20(35)28-12-15)8-17(24(34)36)16-4-3-5-18(21(16)27)33-38-19-9-14(26)11-29-23(19)37-2/h3-5,8-11,15,33H,6-7,12H2,1-2H3,(H,28,35)(H,30,31,32). The predicted octanol–water partition coefficient (Wildman–Crippen LogP) is 4.00. The third-order valence-electron chi connectivity index (χ3n) is 6.09. The molecule has 0 aliphatic carbocycles. The lowest BCUT2D eigenvalue weighted by atomic mass is 10.0. The van der Waals surface area contributed by atoms with Crippen molar-refractivity contribution in [3.63, 3.8) is 0 Å². The highest BCUT2D eigenvalue weighted by Gasteiger charge is 2.20. The topological polar surface area (TPSA) is 123 Å². The summed E-state index contributed by atoms with van der Waals surface area (Å²) in [6.45, 7) is 0.473. The molecule has 38 heavy (non-hydrogen) atoms. The van der Waals surface area contributed by atoms with E-state index in [4.69, 9.17) is 16.3 Å². The van der Waals surface area contributed by atoms with Crippen LogP contribution in [0.25, 0.3) is 22.2 Å². The average molecular weight is 556 g/mol. The molecule has 4 heterocycles. The molecule has 10 nitrogen and oxygen atoms in total. The Hall–Kier alpha value is -3.90.